The third-order valence-corrected chi connectivity index (χ3v) is 8.18. The number of nitrogens with zero attached hydrogens (tertiary/aromatic N) is 2. The molecule has 0 aliphatic rings. The lowest BCUT2D eigenvalue weighted by Gasteiger charge is -2.26. The number of benzene rings is 5. The van der Waals surface area contributed by atoms with Crippen molar-refractivity contribution >= 4 is 57.8 Å². The summed E-state index contributed by atoms with van der Waals surface area (Å²) in [5.74, 6) is 0.688. The molecule has 0 atom stereocenters. The lowest BCUT2D eigenvalue weighted by atomic mass is 10.0. The zero-order chi connectivity index (χ0) is 32.0. The summed E-state index contributed by atoms with van der Waals surface area (Å²) >= 11 is 7.76. The van der Waals surface area contributed by atoms with E-state index in [1.54, 1.807) is 11.8 Å². The molecule has 228 valence electrons. The fourth-order valence-corrected chi connectivity index (χ4v) is 5.74. The molecule has 5 aromatic rings. The highest BCUT2D eigenvalue weighted by Gasteiger charge is 2.15. The standard InChI is InChI=1S/C37H31ClN2O2S.C2H6/c1-27(41)39-36(13-8-26-43-35-24-18-31(38)19-25-35)28-14-20-33(21-15-28)40(32-11-6-3-7-12-32)34-22-16-30(17-23-34)37(42)29-9-4-2-5-10-29;1-2/h2-7,9-12,14-25H,8,13,26H2,1H3;1-2H3. The number of halogens is 1. The Bertz CT molecular complexity index is 1690. The Morgan fingerprint density at radius 2 is 1.13 bits per heavy atom. The van der Waals surface area contributed by atoms with Gasteiger partial charge < -0.3 is 4.90 Å². The van der Waals surface area contributed by atoms with Crippen molar-refractivity contribution in [3.63, 3.8) is 0 Å². The maximum Gasteiger partial charge on any atom is 0.242 e. The number of ketones is 1. The van der Waals surface area contributed by atoms with E-state index in [1.165, 1.54) is 6.92 Å². The fourth-order valence-electron chi connectivity index (χ4n) is 4.76. The van der Waals surface area contributed by atoms with Crippen LogP contribution in [0.2, 0.25) is 5.02 Å². The molecule has 4 nitrogen and oxygen atoms in total. The van der Waals surface area contributed by atoms with Gasteiger partial charge in [0, 0.05) is 45.0 Å². The second-order valence-corrected chi connectivity index (χ2v) is 11.5. The average molecular weight is 633 g/mol. The molecule has 0 N–H and O–H groups in total. The Morgan fingerprint density at radius 3 is 1.69 bits per heavy atom. The minimum atomic E-state index is -0.208. The summed E-state index contributed by atoms with van der Waals surface area (Å²) in [6.07, 6.45) is 1.57. The van der Waals surface area contributed by atoms with Gasteiger partial charge in [0.05, 0.1) is 5.71 Å². The maximum absolute atomic E-state index is 13.0. The van der Waals surface area contributed by atoms with Crippen LogP contribution in [0.3, 0.4) is 0 Å². The summed E-state index contributed by atoms with van der Waals surface area (Å²) < 4.78 is 0. The lowest BCUT2D eigenvalue weighted by Crippen LogP contribution is -2.11. The molecule has 5 aromatic carbocycles. The van der Waals surface area contributed by atoms with Crippen LogP contribution in [0.5, 0.6) is 0 Å². The van der Waals surface area contributed by atoms with Crippen molar-refractivity contribution in [2.75, 3.05) is 10.7 Å². The predicted molar refractivity (Wildman–Crippen MR) is 191 cm³/mol. The number of hydrogen-bond donors (Lipinski definition) is 0. The number of anilines is 3. The van der Waals surface area contributed by atoms with Crippen molar-refractivity contribution in [3.8, 4) is 0 Å². The Hall–Kier alpha value is -4.45. The fraction of sp³-hybridized carbons (Fsp3) is 0.154. The second kappa shape index (κ2) is 17.1. The molecular weight excluding hydrogens is 596 g/mol. The van der Waals surface area contributed by atoms with Crippen LogP contribution in [0.4, 0.5) is 17.1 Å². The van der Waals surface area contributed by atoms with Gasteiger partial charge in [0.15, 0.2) is 5.78 Å². The molecule has 0 heterocycles. The highest BCUT2D eigenvalue weighted by atomic mass is 35.5. The molecule has 0 unspecified atom stereocenters. The lowest BCUT2D eigenvalue weighted by molar-refractivity contribution is -0.115. The van der Waals surface area contributed by atoms with E-state index in [1.807, 2.05) is 135 Å². The second-order valence-electron chi connectivity index (χ2n) is 9.94. The maximum atomic E-state index is 13.0. The summed E-state index contributed by atoms with van der Waals surface area (Å²) in [7, 11) is 0. The van der Waals surface area contributed by atoms with Crippen LogP contribution in [-0.4, -0.2) is 23.2 Å². The Balaban J connectivity index is 0.00000226. The zero-order valence-electron chi connectivity index (χ0n) is 25.8. The van der Waals surface area contributed by atoms with Gasteiger partial charge in [-0.15, -0.1) is 11.8 Å². The van der Waals surface area contributed by atoms with E-state index in [0.29, 0.717) is 17.5 Å². The summed E-state index contributed by atoms with van der Waals surface area (Å²) in [4.78, 5) is 32.6. The molecule has 45 heavy (non-hydrogen) atoms. The topological polar surface area (TPSA) is 49.7 Å². The highest BCUT2D eigenvalue weighted by molar-refractivity contribution is 7.99. The minimum absolute atomic E-state index is 0.00776. The van der Waals surface area contributed by atoms with Crippen LogP contribution in [0.15, 0.2) is 143 Å². The van der Waals surface area contributed by atoms with Gasteiger partial charge in [-0.3, -0.25) is 9.59 Å². The molecular formula is C39H37ClN2O2S. The van der Waals surface area contributed by atoms with Crippen molar-refractivity contribution in [1.82, 2.24) is 0 Å². The number of rotatable bonds is 11. The summed E-state index contributed by atoms with van der Waals surface area (Å²) in [5.41, 5.74) is 5.89. The van der Waals surface area contributed by atoms with Gasteiger partial charge in [0.1, 0.15) is 0 Å². The molecule has 0 spiro atoms. The molecule has 0 aliphatic heterocycles. The molecule has 0 saturated carbocycles. The van der Waals surface area contributed by atoms with Crippen LogP contribution in [0, 0.1) is 0 Å². The van der Waals surface area contributed by atoms with Crippen molar-refractivity contribution in [2.45, 2.75) is 38.5 Å². The molecule has 0 bridgehead atoms. The van der Waals surface area contributed by atoms with Crippen LogP contribution in [-0.2, 0) is 4.79 Å². The summed E-state index contributed by atoms with van der Waals surface area (Å²) in [6, 6.07) is 43.0. The highest BCUT2D eigenvalue weighted by Crippen LogP contribution is 2.35. The minimum Gasteiger partial charge on any atom is -0.311 e. The van der Waals surface area contributed by atoms with E-state index in [0.717, 1.165) is 50.4 Å². The van der Waals surface area contributed by atoms with Crippen molar-refractivity contribution in [2.24, 2.45) is 4.99 Å². The van der Waals surface area contributed by atoms with E-state index in [-0.39, 0.29) is 11.7 Å². The van der Waals surface area contributed by atoms with Crippen LogP contribution in [0.25, 0.3) is 0 Å². The molecule has 5 rings (SSSR count). The van der Waals surface area contributed by atoms with Crippen LogP contribution >= 0.6 is 23.4 Å². The summed E-state index contributed by atoms with van der Waals surface area (Å²) in [6.45, 7) is 5.49. The number of carbonyl (C=O) groups is 2. The Labute approximate surface area is 275 Å². The number of aliphatic imine (C=N–C) groups is 1. The monoisotopic (exact) mass is 632 g/mol. The van der Waals surface area contributed by atoms with Crippen molar-refractivity contribution in [3.05, 3.63) is 155 Å². The van der Waals surface area contributed by atoms with Gasteiger partial charge >= 0.3 is 0 Å². The number of para-hydroxylation sites is 1. The van der Waals surface area contributed by atoms with Gasteiger partial charge in [-0.2, -0.15) is 0 Å². The van der Waals surface area contributed by atoms with Gasteiger partial charge in [-0.05, 0) is 97.0 Å². The first-order valence-corrected chi connectivity index (χ1v) is 16.5. The quantitative estimate of drug-likeness (QED) is 0.0629. The van der Waals surface area contributed by atoms with E-state index in [2.05, 4.69) is 22.0 Å². The molecule has 6 heteroatoms. The molecule has 1 amide bonds. The number of hydrogen-bond acceptors (Lipinski definition) is 4. The third kappa shape index (κ3) is 9.52. The molecule has 0 aliphatic carbocycles. The molecule has 0 saturated heterocycles. The first-order chi connectivity index (χ1) is 22.0. The van der Waals surface area contributed by atoms with Gasteiger partial charge in [0.2, 0.25) is 5.91 Å². The largest absolute Gasteiger partial charge is 0.311 e. The SMILES string of the molecule is CC.CC(=O)N=C(CCCSc1ccc(Cl)cc1)c1ccc(N(c2ccccc2)c2ccc(C(=O)c3ccccc3)cc2)cc1. The number of amides is 1. The van der Waals surface area contributed by atoms with Crippen molar-refractivity contribution in [1.29, 1.82) is 0 Å². The Morgan fingerprint density at radius 1 is 0.644 bits per heavy atom. The van der Waals surface area contributed by atoms with Crippen molar-refractivity contribution < 1.29 is 9.59 Å². The molecule has 0 radical (unpaired) electrons. The van der Waals surface area contributed by atoms with Gasteiger partial charge in [0.25, 0.3) is 0 Å². The van der Waals surface area contributed by atoms with Crippen LogP contribution in [0.1, 0.15) is 55.1 Å². The molecule has 0 aromatic heterocycles. The zero-order valence-corrected chi connectivity index (χ0v) is 27.4. The number of thioether (sulfide) groups is 1. The Kier molecular flexibility index (Phi) is 12.7. The predicted octanol–water partition coefficient (Wildman–Crippen LogP) is 11.0. The van der Waals surface area contributed by atoms with Gasteiger partial charge in [-0.1, -0.05) is 86.1 Å². The van der Waals surface area contributed by atoms with Gasteiger partial charge in [-0.25, -0.2) is 4.99 Å². The summed E-state index contributed by atoms with van der Waals surface area (Å²) in [5, 5.41) is 0.727. The first-order valence-electron chi connectivity index (χ1n) is 15.1. The van der Waals surface area contributed by atoms with Crippen LogP contribution < -0.4 is 4.90 Å². The van der Waals surface area contributed by atoms with E-state index in [4.69, 9.17) is 11.6 Å². The normalized spacial score (nSPS) is 10.9. The van der Waals surface area contributed by atoms with E-state index < -0.39 is 0 Å². The third-order valence-electron chi connectivity index (χ3n) is 6.83. The van der Waals surface area contributed by atoms with E-state index in [9.17, 15) is 9.59 Å². The average Bonchev–Trinajstić information content (AvgIpc) is 3.09. The smallest absolute Gasteiger partial charge is 0.242 e. The molecule has 0 fully saturated rings. The first kappa shape index (κ1) is 33.4. The number of carbonyl (C=O) groups excluding carboxylic acids is 2. The van der Waals surface area contributed by atoms with E-state index >= 15 is 0 Å².